The first-order chi connectivity index (χ1) is 14.0. The Morgan fingerprint density at radius 2 is 1.76 bits per heavy atom. The van der Waals surface area contributed by atoms with Crippen LogP contribution in [0.1, 0.15) is 25.2 Å². The molecule has 2 aromatic heterocycles. The van der Waals surface area contributed by atoms with Gasteiger partial charge in [-0.2, -0.15) is 0 Å². The maximum atomic E-state index is 12.7. The fourth-order valence-corrected chi connectivity index (χ4v) is 3.91. The van der Waals surface area contributed by atoms with E-state index in [1.807, 2.05) is 22.8 Å². The number of aromatic amines is 1. The molecule has 0 amide bonds. The molecule has 0 saturated heterocycles. The first-order valence-corrected chi connectivity index (χ1v) is 10.0. The minimum Gasteiger partial charge on any atom is -0.329 e. The normalized spacial score (nSPS) is 11.7. The van der Waals surface area contributed by atoms with E-state index in [9.17, 15) is 9.59 Å². The second-order valence-corrected chi connectivity index (χ2v) is 7.38. The minimum absolute atomic E-state index is 0.392. The molecule has 7 nitrogen and oxygen atoms in total. The Balaban J connectivity index is 1.94. The van der Waals surface area contributed by atoms with Crippen LogP contribution in [0.5, 0.6) is 0 Å². The molecule has 0 aliphatic rings. The number of hydrogen-bond acceptors (Lipinski definition) is 3. The van der Waals surface area contributed by atoms with Crippen molar-refractivity contribution in [3.8, 4) is 0 Å². The lowest BCUT2D eigenvalue weighted by Gasteiger charge is -2.16. The topological polar surface area (TPSA) is 77.1 Å². The molecule has 0 aliphatic heterocycles. The van der Waals surface area contributed by atoms with Crippen LogP contribution in [0.4, 0.5) is 0 Å². The van der Waals surface area contributed by atoms with Crippen molar-refractivity contribution in [2.45, 2.75) is 26.9 Å². The number of nitrogens with one attached hydrogen (secondary N) is 2. The van der Waals surface area contributed by atoms with Gasteiger partial charge in [0.2, 0.25) is 0 Å². The summed E-state index contributed by atoms with van der Waals surface area (Å²) in [6.45, 7) is 7.42. The van der Waals surface area contributed by atoms with E-state index in [0.717, 1.165) is 35.2 Å². The summed E-state index contributed by atoms with van der Waals surface area (Å²) in [6, 6.07) is 14.4. The van der Waals surface area contributed by atoms with E-state index < -0.39 is 11.2 Å². The molecule has 0 saturated carbocycles. The molecule has 2 N–H and O–H groups in total. The van der Waals surface area contributed by atoms with Gasteiger partial charge in [0.25, 0.3) is 5.56 Å². The third-order valence-corrected chi connectivity index (χ3v) is 5.70. The van der Waals surface area contributed by atoms with Gasteiger partial charge >= 0.3 is 5.69 Å². The Bertz CT molecular complexity index is 1290. The summed E-state index contributed by atoms with van der Waals surface area (Å²) in [5, 5.41) is 2.31. The summed E-state index contributed by atoms with van der Waals surface area (Å²) in [7, 11) is 1.64. The van der Waals surface area contributed by atoms with E-state index in [1.54, 1.807) is 7.05 Å². The maximum absolute atomic E-state index is 12.7. The van der Waals surface area contributed by atoms with Crippen molar-refractivity contribution in [1.82, 2.24) is 19.1 Å². The summed E-state index contributed by atoms with van der Waals surface area (Å²) in [5.74, 6) is 0.818. The maximum Gasteiger partial charge on any atom is 0.329 e. The summed E-state index contributed by atoms with van der Waals surface area (Å²) in [4.78, 5) is 33.3. The smallest absolute Gasteiger partial charge is 0.329 e. The van der Waals surface area contributed by atoms with Crippen LogP contribution in [0.2, 0.25) is 0 Å². The standard InChI is InChI=1S/C22H25N5O2/c1-4-26(5-2)14-18-23-20-19(21(28)24-22(29)25(20)3)27(18)13-16-11-8-10-15-9-6-7-12-17(15)16/h6-12H,4-5,13-14H2,1-3H3,(H,24,28,29)/p+1. The van der Waals surface area contributed by atoms with Crippen molar-refractivity contribution in [1.29, 1.82) is 0 Å². The zero-order valence-electron chi connectivity index (χ0n) is 17.0. The summed E-state index contributed by atoms with van der Waals surface area (Å²) >= 11 is 0. The molecular formula is C22H26N5O2+. The Labute approximate surface area is 168 Å². The molecule has 2 aromatic carbocycles. The number of quaternary nitrogens is 1. The number of fused-ring (bicyclic) bond motifs is 2. The number of hydrogen-bond donors (Lipinski definition) is 2. The van der Waals surface area contributed by atoms with Crippen LogP contribution in [0.3, 0.4) is 0 Å². The SMILES string of the molecule is CC[NH+](CC)Cc1nc2c(c(=O)[nH]c(=O)n2C)n1Cc1cccc2ccccc12. The highest BCUT2D eigenvalue weighted by Crippen LogP contribution is 2.21. The van der Waals surface area contributed by atoms with E-state index in [-0.39, 0.29) is 0 Å². The molecule has 0 radical (unpaired) electrons. The Morgan fingerprint density at radius 1 is 1.03 bits per heavy atom. The number of aromatic nitrogens is 4. The predicted molar refractivity (Wildman–Crippen MR) is 114 cm³/mol. The van der Waals surface area contributed by atoms with E-state index in [0.29, 0.717) is 24.3 Å². The van der Waals surface area contributed by atoms with Crippen LogP contribution in [-0.4, -0.2) is 32.2 Å². The van der Waals surface area contributed by atoms with Gasteiger partial charge in [-0.25, -0.2) is 9.78 Å². The molecule has 29 heavy (non-hydrogen) atoms. The van der Waals surface area contributed by atoms with Crippen molar-refractivity contribution in [3.63, 3.8) is 0 Å². The van der Waals surface area contributed by atoms with Gasteiger partial charge in [-0.15, -0.1) is 0 Å². The Morgan fingerprint density at radius 3 is 2.52 bits per heavy atom. The molecule has 0 atom stereocenters. The molecule has 0 unspecified atom stereocenters. The molecule has 4 rings (SSSR count). The number of aryl methyl sites for hydroxylation is 1. The first kappa shape index (κ1) is 19.1. The molecule has 0 aliphatic carbocycles. The molecule has 0 spiro atoms. The minimum atomic E-state index is -0.445. The van der Waals surface area contributed by atoms with Crippen molar-refractivity contribution >= 4 is 21.9 Å². The van der Waals surface area contributed by atoms with Crippen LogP contribution in [0, 0.1) is 0 Å². The van der Waals surface area contributed by atoms with E-state index in [4.69, 9.17) is 4.98 Å². The fraction of sp³-hybridized carbons (Fsp3) is 0.318. The Kier molecular flexibility index (Phi) is 5.07. The van der Waals surface area contributed by atoms with Crippen molar-refractivity contribution in [3.05, 3.63) is 74.7 Å². The van der Waals surface area contributed by atoms with Gasteiger partial charge in [-0.1, -0.05) is 42.5 Å². The molecule has 7 heteroatoms. The van der Waals surface area contributed by atoms with E-state index >= 15 is 0 Å². The first-order valence-electron chi connectivity index (χ1n) is 10.0. The summed E-state index contributed by atoms with van der Waals surface area (Å²) < 4.78 is 3.39. The van der Waals surface area contributed by atoms with Gasteiger partial charge in [0, 0.05) is 7.05 Å². The van der Waals surface area contributed by atoms with Gasteiger partial charge in [-0.05, 0) is 30.2 Å². The van der Waals surface area contributed by atoms with Crippen molar-refractivity contribution < 1.29 is 4.90 Å². The monoisotopic (exact) mass is 392 g/mol. The summed E-state index contributed by atoms with van der Waals surface area (Å²) in [5.41, 5.74) is 1.16. The van der Waals surface area contributed by atoms with Crippen LogP contribution < -0.4 is 16.1 Å². The van der Waals surface area contributed by atoms with Gasteiger partial charge in [0.1, 0.15) is 6.54 Å². The number of nitrogens with zero attached hydrogens (tertiary/aromatic N) is 3. The number of benzene rings is 2. The van der Waals surface area contributed by atoms with Crippen LogP contribution in [0.15, 0.2) is 52.1 Å². The molecular weight excluding hydrogens is 366 g/mol. The highest BCUT2D eigenvalue weighted by Gasteiger charge is 2.20. The third kappa shape index (κ3) is 3.38. The number of H-pyrrole nitrogens is 1. The average Bonchev–Trinajstić information content (AvgIpc) is 3.09. The van der Waals surface area contributed by atoms with Gasteiger partial charge < -0.3 is 9.47 Å². The summed E-state index contributed by atoms with van der Waals surface area (Å²) in [6.07, 6.45) is 0. The zero-order valence-corrected chi connectivity index (χ0v) is 17.0. The van der Waals surface area contributed by atoms with Crippen LogP contribution in [0.25, 0.3) is 21.9 Å². The molecule has 0 bridgehead atoms. The van der Waals surface area contributed by atoms with Crippen molar-refractivity contribution in [2.24, 2.45) is 7.05 Å². The molecule has 150 valence electrons. The van der Waals surface area contributed by atoms with Crippen LogP contribution in [-0.2, 0) is 20.1 Å². The third-order valence-electron chi connectivity index (χ3n) is 5.70. The van der Waals surface area contributed by atoms with Gasteiger partial charge in [0.05, 0.1) is 19.6 Å². The second kappa shape index (κ2) is 7.67. The average molecular weight is 392 g/mol. The largest absolute Gasteiger partial charge is 0.329 e. The number of rotatable bonds is 6. The quantitative estimate of drug-likeness (QED) is 0.515. The highest BCUT2D eigenvalue weighted by molar-refractivity contribution is 5.85. The molecule has 0 fully saturated rings. The second-order valence-electron chi connectivity index (χ2n) is 7.38. The Hall–Kier alpha value is -3.19. The highest BCUT2D eigenvalue weighted by atomic mass is 16.2. The van der Waals surface area contributed by atoms with Crippen molar-refractivity contribution in [2.75, 3.05) is 13.1 Å². The zero-order chi connectivity index (χ0) is 20.5. The van der Waals surface area contributed by atoms with E-state index in [2.05, 4.69) is 43.1 Å². The predicted octanol–water partition coefficient (Wildman–Crippen LogP) is 1.05. The lowest BCUT2D eigenvalue weighted by Crippen LogP contribution is -3.10. The fourth-order valence-electron chi connectivity index (χ4n) is 3.91. The van der Waals surface area contributed by atoms with Gasteiger partial charge in [0.15, 0.2) is 17.0 Å². The lowest BCUT2D eigenvalue weighted by molar-refractivity contribution is -0.911. The molecule has 2 heterocycles. The number of imidazole rings is 1. The molecule has 4 aromatic rings. The van der Waals surface area contributed by atoms with E-state index in [1.165, 1.54) is 9.47 Å². The van der Waals surface area contributed by atoms with Gasteiger partial charge in [-0.3, -0.25) is 14.3 Å². The lowest BCUT2D eigenvalue weighted by atomic mass is 10.0. The van der Waals surface area contributed by atoms with Crippen LogP contribution >= 0.6 is 0 Å².